The molecule has 168 valence electrons. The van der Waals surface area contributed by atoms with E-state index >= 15 is 0 Å². The second-order valence-electron chi connectivity index (χ2n) is 7.04. The van der Waals surface area contributed by atoms with Crippen molar-refractivity contribution in [2.24, 2.45) is 0 Å². The van der Waals surface area contributed by atoms with E-state index in [0.717, 1.165) is 11.3 Å². The number of hydrogen-bond donors (Lipinski definition) is 2. The van der Waals surface area contributed by atoms with Crippen LogP contribution in [0.4, 0.5) is 0 Å². The molecular weight excluding hydrogens is 430 g/mol. The molecule has 2 aromatic rings. The van der Waals surface area contributed by atoms with Gasteiger partial charge >= 0.3 is 0 Å². The molecule has 0 aliphatic carbocycles. The zero-order chi connectivity index (χ0) is 22.5. The van der Waals surface area contributed by atoms with Gasteiger partial charge < -0.3 is 15.2 Å². The maximum absolute atomic E-state index is 12.8. The Bertz CT molecular complexity index is 799. The number of rotatable bonds is 13. The molecule has 0 fully saturated rings. The largest absolute Gasteiger partial charge is 0.494 e. The molecule has 0 aromatic heterocycles. The van der Waals surface area contributed by atoms with Gasteiger partial charge in [-0.05, 0) is 50.1 Å². The zero-order valence-corrected chi connectivity index (χ0v) is 19.7. The molecule has 0 saturated heterocycles. The fourth-order valence-electron chi connectivity index (χ4n) is 3.07. The number of carbonyl (C=O) groups is 2. The number of aliphatic hydroxyl groups excluding tert-OH is 1. The van der Waals surface area contributed by atoms with Crippen molar-refractivity contribution in [2.45, 2.75) is 43.2 Å². The van der Waals surface area contributed by atoms with E-state index in [2.05, 4.69) is 5.32 Å². The zero-order valence-electron chi connectivity index (χ0n) is 18.1. The van der Waals surface area contributed by atoms with Gasteiger partial charge in [0.2, 0.25) is 11.0 Å². The molecule has 2 atom stereocenters. The van der Waals surface area contributed by atoms with Gasteiger partial charge in [-0.2, -0.15) is 0 Å². The van der Waals surface area contributed by atoms with Gasteiger partial charge in [0.05, 0.1) is 12.0 Å². The van der Waals surface area contributed by atoms with Crippen LogP contribution in [0.15, 0.2) is 54.6 Å². The SMILES string of the molecule is CCOc1ccc(CC(CC(=O)NC(CCCO)SC)SC(=O)c2ccccc2)cc1. The number of hydrogen-bond acceptors (Lipinski definition) is 6. The number of nitrogens with one attached hydrogen (secondary N) is 1. The number of carbonyl (C=O) groups excluding carboxylic acids is 2. The highest BCUT2D eigenvalue weighted by Gasteiger charge is 2.21. The van der Waals surface area contributed by atoms with Crippen LogP contribution in [0.1, 0.15) is 42.1 Å². The van der Waals surface area contributed by atoms with E-state index < -0.39 is 0 Å². The second kappa shape index (κ2) is 14.2. The van der Waals surface area contributed by atoms with Crippen LogP contribution in [0.5, 0.6) is 5.75 Å². The van der Waals surface area contributed by atoms with Crippen LogP contribution >= 0.6 is 23.5 Å². The van der Waals surface area contributed by atoms with Gasteiger partial charge in [-0.15, -0.1) is 11.8 Å². The molecule has 7 heteroatoms. The third-order valence-electron chi connectivity index (χ3n) is 4.62. The maximum atomic E-state index is 12.8. The Morgan fingerprint density at radius 2 is 1.81 bits per heavy atom. The first-order valence-electron chi connectivity index (χ1n) is 10.5. The third kappa shape index (κ3) is 9.37. The highest BCUT2D eigenvalue weighted by Crippen LogP contribution is 2.25. The molecule has 2 N–H and O–H groups in total. The lowest BCUT2D eigenvalue weighted by Gasteiger charge is -2.20. The van der Waals surface area contributed by atoms with Crippen LogP contribution in [0.2, 0.25) is 0 Å². The molecule has 2 unspecified atom stereocenters. The van der Waals surface area contributed by atoms with E-state index in [4.69, 9.17) is 9.84 Å². The molecule has 0 bridgehead atoms. The molecule has 2 aromatic carbocycles. The first-order chi connectivity index (χ1) is 15.0. The Balaban J connectivity index is 2.07. The van der Waals surface area contributed by atoms with Crippen molar-refractivity contribution in [3.8, 4) is 5.75 Å². The Kier molecular flexibility index (Phi) is 11.6. The molecule has 0 radical (unpaired) electrons. The van der Waals surface area contributed by atoms with E-state index in [0.29, 0.717) is 31.4 Å². The molecular formula is C24H31NO4S2. The summed E-state index contributed by atoms with van der Waals surface area (Å²) in [6.07, 6.45) is 4.13. The lowest BCUT2D eigenvalue weighted by molar-refractivity contribution is -0.121. The average molecular weight is 462 g/mol. The summed E-state index contributed by atoms with van der Waals surface area (Å²) in [6, 6.07) is 16.9. The first-order valence-corrected chi connectivity index (χ1v) is 12.6. The van der Waals surface area contributed by atoms with E-state index in [1.807, 2.05) is 55.6 Å². The van der Waals surface area contributed by atoms with Crippen molar-refractivity contribution in [3.05, 3.63) is 65.7 Å². The van der Waals surface area contributed by atoms with E-state index in [-0.39, 0.29) is 34.7 Å². The lowest BCUT2D eigenvalue weighted by Crippen LogP contribution is -2.34. The van der Waals surface area contributed by atoms with Crippen LogP contribution in [-0.2, 0) is 11.2 Å². The monoisotopic (exact) mass is 461 g/mol. The Labute approximate surface area is 193 Å². The summed E-state index contributed by atoms with van der Waals surface area (Å²) in [6.45, 7) is 2.65. The smallest absolute Gasteiger partial charge is 0.222 e. The van der Waals surface area contributed by atoms with Crippen LogP contribution in [0.3, 0.4) is 0 Å². The van der Waals surface area contributed by atoms with Crippen molar-refractivity contribution in [2.75, 3.05) is 19.5 Å². The topological polar surface area (TPSA) is 75.6 Å². The van der Waals surface area contributed by atoms with Gasteiger partial charge in [0.1, 0.15) is 5.75 Å². The summed E-state index contributed by atoms with van der Waals surface area (Å²) in [5, 5.41) is 11.8. The number of benzene rings is 2. The van der Waals surface area contributed by atoms with Crippen LogP contribution in [-0.4, -0.2) is 46.2 Å². The van der Waals surface area contributed by atoms with Crippen molar-refractivity contribution < 1.29 is 19.4 Å². The maximum Gasteiger partial charge on any atom is 0.222 e. The summed E-state index contributed by atoms with van der Waals surface area (Å²) in [4.78, 5) is 25.5. The second-order valence-corrected chi connectivity index (χ2v) is 9.35. The molecule has 2 rings (SSSR count). The minimum Gasteiger partial charge on any atom is -0.494 e. The van der Waals surface area contributed by atoms with Crippen LogP contribution in [0.25, 0.3) is 0 Å². The highest BCUT2D eigenvalue weighted by molar-refractivity contribution is 8.14. The number of thioether (sulfide) groups is 2. The van der Waals surface area contributed by atoms with Crippen LogP contribution < -0.4 is 10.1 Å². The molecule has 0 spiro atoms. The van der Waals surface area contributed by atoms with Gasteiger partial charge in [0, 0.05) is 23.8 Å². The van der Waals surface area contributed by atoms with Gasteiger partial charge in [-0.3, -0.25) is 9.59 Å². The molecule has 1 amide bonds. The fraction of sp³-hybridized carbons (Fsp3) is 0.417. The van der Waals surface area contributed by atoms with Gasteiger partial charge in [-0.1, -0.05) is 54.2 Å². The average Bonchev–Trinajstić information content (AvgIpc) is 2.78. The number of amides is 1. The fourth-order valence-corrected chi connectivity index (χ4v) is 4.81. The van der Waals surface area contributed by atoms with Crippen molar-refractivity contribution in [1.29, 1.82) is 0 Å². The van der Waals surface area contributed by atoms with E-state index in [9.17, 15) is 9.59 Å². The van der Waals surface area contributed by atoms with E-state index in [1.165, 1.54) is 11.8 Å². The summed E-state index contributed by atoms with van der Waals surface area (Å²) in [5.74, 6) is 0.724. The van der Waals surface area contributed by atoms with Gasteiger partial charge in [0.25, 0.3) is 0 Å². The van der Waals surface area contributed by atoms with Gasteiger partial charge in [-0.25, -0.2) is 0 Å². The molecule has 0 aliphatic rings. The minimum atomic E-state index is -0.189. The molecule has 31 heavy (non-hydrogen) atoms. The number of aliphatic hydroxyl groups is 1. The summed E-state index contributed by atoms with van der Waals surface area (Å²) in [7, 11) is 0. The molecule has 0 heterocycles. The van der Waals surface area contributed by atoms with Crippen LogP contribution in [0, 0.1) is 0 Å². The van der Waals surface area contributed by atoms with Crippen molar-refractivity contribution in [3.63, 3.8) is 0 Å². The van der Waals surface area contributed by atoms with E-state index in [1.54, 1.807) is 23.9 Å². The molecule has 0 saturated carbocycles. The quantitative estimate of drug-likeness (QED) is 0.427. The first kappa shape index (κ1) is 25.3. The summed E-state index contributed by atoms with van der Waals surface area (Å²) >= 11 is 2.77. The predicted octanol–water partition coefficient (Wildman–Crippen LogP) is 4.54. The Morgan fingerprint density at radius 3 is 2.42 bits per heavy atom. The normalized spacial score (nSPS) is 12.7. The standard InChI is InChI=1S/C24H31NO4S2/c1-3-29-20-13-11-18(12-14-20)16-21(31-24(28)19-8-5-4-6-9-19)17-22(27)25-23(30-2)10-7-15-26/h4-6,8-9,11-14,21,23,26H,3,7,10,15-17H2,1-2H3,(H,25,27). The minimum absolute atomic E-state index is 0.0361. The summed E-state index contributed by atoms with van der Waals surface area (Å²) < 4.78 is 5.50. The third-order valence-corrected chi connectivity index (χ3v) is 6.66. The summed E-state index contributed by atoms with van der Waals surface area (Å²) in [5.41, 5.74) is 1.69. The van der Waals surface area contributed by atoms with Crippen molar-refractivity contribution >= 4 is 34.5 Å². The molecule has 5 nitrogen and oxygen atoms in total. The lowest BCUT2D eigenvalue weighted by atomic mass is 10.1. The van der Waals surface area contributed by atoms with Gasteiger partial charge in [0.15, 0.2) is 0 Å². The number of ether oxygens (including phenoxy) is 1. The molecule has 0 aliphatic heterocycles. The Hall–Kier alpha value is -1.96. The highest BCUT2D eigenvalue weighted by atomic mass is 32.2. The Morgan fingerprint density at radius 1 is 1.10 bits per heavy atom. The predicted molar refractivity (Wildman–Crippen MR) is 130 cm³/mol. The van der Waals surface area contributed by atoms with Crippen molar-refractivity contribution in [1.82, 2.24) is 5.32 Å².